The average Bonchev–Trinajstić information content (AvgIpc) is 3.10. The van der Waals surface area contributed by atoms with E-state index in [1.54, 1.807) is 0 Å². The van der Waals surface area contributed by atoms with Crippen molar-refractivity contribution >= 4 is 17.4 Å². The van der Waals surface area contributed by atoms with Crippen molar-refractivity contribution in [1.29, 1.82) is 0 Å². The molecular weight excluding hydrogens is 312 g/mol. The third-order valence-corrected chi connectivity index (χ3v) is 3.99. The van der Waals surface area contributed by atoms with Gasteiger partial charge in [0.15, 0.2) is 5.78 Å². The highest BCUT2D eigenvalue weighted by molar-refractivity contribution is 5.96. The molecule has 0 amide bonds. The summed E-state index contributed by atoms with van der Waals surface area (Å²) >= 11 is 0. The van der Waals surface area contributed by atoms with Crippen molar-refractivity contribution in [1.82, 2.24) is 0 Å². The van der Waals surface area contributed by atoms with E-state index in [1.807, 2.05) is 24.3 Å². The summed E-state index contributed by atoms with van der Waals surface area (Å²) in [6, 6.07) is 10.4. The number of rotatable bonds is 6. The van der Waals surface area contributed by atoms with E-state index in [0.717, 1.165) is 32.0 Å². The Morgan fingerprint density at radius 3 is 2.46 bits per heavy atom. The van der Waals surface area contributed by atoms with Crippen LogP contribution in [-0.4, -0.2) is 37.0 Å². The zero-order valence-electron chi connectivity index (χ0n) is 13.1. The second-order valence-corrected chi connectivity index (χ2v) is 5.57. The lowest BCUT2D eigenvalue weighted by molar-refractivity contribution is -0.402. The highest BCUT2D eigenvalue weighted by atomic mass is 16.6. The Balaban J connectivity index is 1.57. The molecule has 0 radical (unpaired) electrons. The largest absolute Gasteiger partial charge is 0.433 e. The molecule has 2 aromatic rings. The van der Waals surface area contributed by atoms with Crippen LogP contribution >= 0.6 is 0 Å². The van der Waals surface area contributed by atoms with Gasteiger partial charge in [-0.15, -0.1) is 0 Å². The molecule has 1 aliphatic heterocycles. The molecule has 0 spiro atoms. The quantitative estimate of drug-likeness (QED) is 0.460. The van der Waals surface area contributed by atoms with E-state index in [9.17, 15) is 14.9 Å². The fourth-order valence-corrected chi connectivity index (χ4v) is 2.66. The highest BCUT2D eigenvalue weighted by Gasteiger charge is 2.15. The van der Waals surface area contributed by atoms with Crippen molar-refractivity contribution in [3.8, 4) is 0 Å². The standard InChI is InChI=1S/C17H18N2O5/c20-16(7-5-15-6-8-17(24-15)19(21)22)13-1-3-14(4-2-13)18-9-11-23-12-10-18/h1-4,6,8H,5,7,9-12H2. The summed E-state index contributed by atoms with van der Waals surface area (Å²) in [5, 5.41) is 10.6. The summed E-state index contributed by atoms with van der Waals surface area (Å²) in [6.07, 6.45) is 0.597. The van der Waals surface area contributed by atoms with Gasteiger partial charge in [0, 0.05) is 37.2 Å². The molecule has 0 N–H and O–H groups in total. The summed E-state index contributed by atoms with van der Waals surface area (Å²) in [5.41, 5.74) is 1.71. The van der Waals surface area contributed by atoms with Gasteiger partial charge in [0.25, 0.3) is 0 Å². The monoisotopic (exact) mass is 330 g/mol. The van der Waals surface area contributed by atoms with Gasteiger partial charge < -0.3 is 14.1 Å². The summed E-state index contributed by atoms with van der Waals surface area (Å²) in [7, 11) is 0. The van der Waals surface area contributed by atoms with E-state index in [0.29, 0.717) is 17.7 Å². The fraction of sp³-hybridized carbons (Fsp3) is 0.353. The number of benzene rings is 1. The van der Waals surface area contributed by atoms with Crippen LogP contribution in [0.3, 0.4) is 0 Å². The first-order chi connectivity index (χ1) is 11.6. The first-order valence-electron chi connectivity index (χ1n) is 7.82. The van der Waals surface area contributed by atoms with Gasteiger partial charge in [-0.1, -0.05) is 0 Å². The first kappa shape index (κ1) is 16.2. The predicted molar refractivity (Wildman–Crippen MR) is 87.5 cm³/mol. The molecule has 2 heterocycles. The van der Waals surface area contributed by atoms with Crippen molar-refractivity contribution < 1.29 is 18.9 Å². The number of Topliss-reactive ketones (excluding diaryl/α,β-unsaturated/α-hetero) is 1. The molecule has 7 heteroatoms. The molecule has 0 saturated carbocycles. The van der Waals surface area contributed by atoms with Crippen LogP contribution in [0.25, 0.3) is 0 Å². The van der Waals surface area contributed by atoms with Crippen molar-refractivity contribution in [3.05, 3.63) is 57.8 Å². The molecule has 126 valence electrons. The van der Waals surface area contributed by atoms with E-state index in [1.165, 1.54) is 12.1 Å². The van der Waals surface area contributed by atoms with Crippen molar-refractivity contribution in [2.75, 3.05) is 31.2 Å². The Morgan fingerprint density at radius 1 is 1.12 bits per heavy atom. The van der Waals surface area contributed by atoms with Crippen LogP contribution < -0.4 is 4.90 Å². The summed E-state index contributed by atoms with van der Waals surface area (Å²) in [6.45, 7) is 3.14. The van der Waals surface area contributed by atoms with Crippen LogP contribution in [-0.2, 0) is 11.2 Å². The summed E-state index contributed by atoms with van der Waals surface area (Å²) < 4.78 is 10.4. The van der Waals surface area contributed by atoms with E-state index >= 15 is 0 Å². The van der Waals surface area contributed by atoms with Crippen LogP contribution in [0.1, 0.15) is 22.5 Å². The number of nitrogens with zero attached hydrogens (tertiary/aromatic N) is 2. The number of morpholine rings is 1. The lowest BCUT2D eigenvalue weighted by atomic mass is 10.1. The van der Waals surface area contributed by atoms with Crippen LogP contribution in [0.15, 0.2) is 40.8 Å². The van der Waals surface area contributed by atoms with E-state index in [4.69, 9.17) is 9.15 Å². The van der Waals surface area contributed by atoms with Crippen LogP contribution in [0.5, 0.6) is 0 Å². The molecule has 0 unspecified atom stereocenters. The van der Waals surface area contributed by atoms with Crippen LogP contribution in [0, 0.1) is 10.1 Å². The SMILES string of the molecule is O=C(CCc1ccc([N+](=O)[O-])o1)c1ccc(N2CCOCC2)cc1. The summed E-state index contributed by atoms with van der Waals surface area (Å²) in [5.74, 6) is 0.134. The minimum atomic E-state index is -0.588. The molecule has 24 heavy (non-hydrogen) atoms. The van der Waals surface area contributed by atoms with E-state index < -0.39 is 4.92 Å². The Morgan fingerprint density at radius 2 is 1.83 bits per heavy atom. The second-order valence-electron chi connectivity index (χ2n) is 5.57. The van der Waals surface area contributed by atoms with Crippen LogP contribution in [0.4, 0.5) is 11.6 Å². The number of nitro groups is 1. The van der Waals surface area contributed by atoms with Crippen molar-refractivity contribution in [2.24, 2.45) is 0 Å². The number of aryl methyl sites for hydroxylation is 1. The Bertz CT molecular complexity index is 717. The third kappa shape index (κ3) is 3.80. The topological polar surface area (TPSA) is 85.8 Å². The molecule has 0 aliphatic carbocycles. The van der Waals surface area contributed by atoms with Gasteiger partial charge in [0.2, 0.25) is 0 Å². The van der Waals surface area contributed by atoms with Crippen molar-refractivity contribution in [3.63, 3.8) is 0 Å². The zero-order valence-corrected chi connectivity index (χ0v) is 13.1. The second kappa shape index (κ2) is 7.27. The zero-order chi connectivity index (χ0) is 16.9. The lowest BCUT2D eigenvalue weighted by Crippen LogP contribution is -2.36. The van der Waals surface area contributed by atoms with Crippen molar-refractivity contribution in [2.45, 2.75) is 12.8 Å². The minimum absolute atomic E-state index is 0.0115. The van der Waals surface area contributed by atoms with Gasteiger partial charge in [-0.3, -0.25) is 14.9 Å². The Hall–Kier alpha value is -2.67. The van der Waals surface area contributed by atoms with Gasteiger partial charge in [-0.25, -0.2) is 0 Å². The third-order valence-electron chi connectivity index (χ3n) is 3.99. The van der Waals surface area contributed by atoms with Gasteiger partial charge in [0.1, 0.15) is 10.7 Å². The minimum Gasteiger partial charge on any atom is -0.406 e. The molecule has 1 aliphatic rings. The van der Waals surface area contributed by atoms with E-state index in [2.05, 4.69) is 4.90 Å². The molecule has 0 bridgehead atoms. The normalized spacial score (nSPS) is 14.6. The number of anilines is 1. The molecule has 1 saturated heterocycles. The highest BCUT2D eigenvalue weighted by Crippen LogP contribution is 2.20. The number of ketones is 1. The smallest absolute Gasteiger partial charge is 0.406 e. The lowest BCUT2D eigenvalue weighted by Gasteiger charge is -2.28. The fourth-order valence-electron chi connectivity index (χ4n) is 2.66. The number of hydrogen-bond donors (Lipinski definition) is 0. The number of hydrogen-bond acceptors (Lipinski definition) is 6. The molecule has 3 rings (SSSR count). The van der Waals surface area contributed by atoms with E-state index in [-0.39, 0.29) is 18.1 Å². The number of carbonyl (C=O) groups excluding carboxylic acids is 1. The Kier molecular flexibility index (Phi) is 4.90. The predicted octanol–water partition coefficient (Wildman–Crippen LogP) is 2.84. The molecule has 1 aromatic carbocycles. The number of carbonyl (C=O) groups is 1. The Labute approximate surface area is 139 Å². The number of ether oxygens (including phenoxy) is 1. The molecule has 0 atom stereocenters. The maximum Gasteiger partial charge on any atom is 0.433 e. The maximum absolute atomic E-state index is 12.2. The maximum atomic E-state index is 12.2. The number of furan rings is 1. The molecular formula is C17H18N2O5. The van der Waals surface area contributed by atoms with Gasteiger partial charge in [-0.2, -0.15) is 0 Å². The first-order valence-corrected chi connectivity index (χ1v) is 7.82. The average molecular weight is 330 g/mol. The van der Waals surface area contributed by atoms with Gasteiger partial charge in [0.05, 0.1) is 19.3 Å². The molecule has 1 aromatic heterocycles. The van der Waals surface area contributed by atoms with Crippen LogP contribution in [0.2, 0.25) is 0 Å². The molecule has 7 nitrogen and oxygen atoms in total. The molecule has 1 fully saturated rings. The van der Waals surface area contributed by atoms with Gasteiger partial charge in [-0.05, 0) is 30.3 Å². The summed E-state index contributed by atoms with van der Waals surface area (Å²) in [4.78, 5) is 24.4. The van der Waals surface area contributed by atoms with Gasteiger partial charge >= 0.3 is 5.88 Å².